The number of rotatable bonds is 7. The van der Waals surface area contributed by atoms with Gasteiger partial charge in [0.15, 0.2) is 11.5 Å². The van der Waals surface area contributed by atoms with Gasteiger partial charge in [-0.05, 0) is 80.9 Å². The Hall–Kier alpha value is -1.75. The Balaban J connectivity index is 1.41. The average Bonchev–Trinajstić information content (AvgIpc) is 3.28. The van der Waals surface area contributed by atoms with Crippen LogP contribution in [-0.4, -0.2) is 34.0 Å². The highest BCUT2D eigenvalue weighted by Crippen LogP contribution is 2.45. The number of aromatic hydroxyl groups is 1. The molecule has 5 nitrogen and oxygen atoms in total. The van der Waals surface area contributed by atoms with Crippen LogP contribution in [0, 0.1) is 11.8 Å². The fourth-order valence-electron chi connectivity index (χ4n) is 6.41. The summed E-state index contributed by atoms with van der Waals surface area (Å²) in [6.45, 7) is 1.47. The SMILES string of the molecule is CC(=O)O[C@@]1(CCc2ccc(O)c(OC3CCCC3)c2)CC[C@@H](C2CCCCC2)[C@H](O)C1. The second kappa shape index (κ2) is 10.5. The first-order valence-electron chi connectivity index (χ1n) is 12.8. The second-order valence-electron chi connectivity index (χ2n) is 10.5. The van der Waals surface area contributed by atoms with Gasteiger partial charge in [0.05, 0.1) is 12.2 Å². The van der Waals surface area contributed by atoms with Crippen LogP contribution in [0.3, 0.4) is 0 Å². The number of phenols is 1. The van der Waals surface area contributed by atoms with E-state index in [1.807, 2.05) is 12.1 Å². The third-order valence-corrected chi connectivity index (χ3v) is 8.11. The van der Waals surface area contributed by atoms with E-state index in [0.29, 0.717) is 30.4 Å². The van der Waals surface area contributed by atoms with Crippen LogP contribution in [0.15, 0.2) is 18.2 Å². The highest BCUT2D eigenvalue weighted by molar-refractivity contribution is 5.66. The first-order chi connectivity index (χ1) is 15.4. The van der Waals surface area contributed by atoms with Crippen LogP contribution in [-0.2, 0) is 16.0 Å². The molecule has 0 amide bonds. The molecular formula is C27H40O5. The topological polar surface area (TPSA) is 76.0 Å². The number of aliphatic hydroxyl groups excluding tert-OH is 1. The lowest BCUT2D eigenvalue weighted by molar-refractivity contribution is -0.170. The molecule has 3 aliphatic rings. The molecule has 0 spiro atoms. The Morgan fingerprint density at radius 3 is 2.47 bits per heavy atom. The summed E-state index contributed by atoms with van der Waals surface area (Å²) in [7, 11) is 0. The lowest BCUT2D eigenvalue weighted by Gasteiger charge is -2.45. The molecule has 1 aromatic rings. The van der Waals surface area contributed by atoms with Crippen LogP contribution in [0.25, 0.3) is 0 Å². The average molecular weight is 445 g/mol. The van der Waals surface area contributed by atoms with Gasteiger partial charge in [-0.25, -0.2) is 0 Å². The molecule has 178 valence electrons. The van der Waals surface area contributed by atoms with Crippen LogP contribution in [0.1, 0.15) is 96.0 Å². The normalized spacial score (nSPS) is 29.7. The Labute approximate surface area is 192 Å². The predicted molar refractivity (Wildman–Crippen MR) is 124 cm³/mol. The van der Waals surface area contributed by atoms with E-state index in [2.05, 4.69) is 0 Å². The summed E-state index contributed by atoms with van der Waals surface area (Å²) in [6.07, 6.45) is 14.2. The number of carbonyl (C=O) groups excluding carboxylic acids is 1. The minimum atomic E-state index is -0.610. The zero-order valence-corrected chi connectivity index (χ0v) is 19.6. The van der Waals surface area contributed by atoms with E-state index in [1.165, 1.54) is 51.9 Å². The predicted octanol–water partition coefficient (Wildman–Crippen LogP) is 5.69. The number of aryl methyl sites for hydroxylation is 1. The molecule has 0 saturated heterocycles. The monoisotopic (exact) mass is 444 g/mol. The lowest BCUT2D eigenvalue weighted by Crippen LogP contribution is -2.47. The molecule has 1 aromatic carbocycles. The van der Waals surface area contributed by atoms with Gasteiger partial charge in [-0.15, -0.1) is 0 Å². The van der Waals surface area contributed by atoms with Crippen molar-refractivity contribution < 1.29 is 24.5 Å². The highest BCUT2D eigenvalue weighted by atomic mass is 16.6. The quantitative estimate of drug-likeness (QED) is 0.529. The smallest absolute Gasteiger partial charge is 0.303 e. The molecule has 3 fully saturated rings. The van der Waals surface area contributed by atoms with Crippen molar-refractivity contribution in [3.63, 3.8) is 0 Å². The van der Waals surface area contributed by atoms with Gasteiger partial charge in [0.1, 0.15) is 5.60 Å². The van der Waals surface area contributed by atoms with Gasteiger partial charge in [-0.2, -0.15) is 0 Å². The molecule has 3 aliphatic carbocycles. The molecule has 3 atom stereocenters. The summed E-state index contributed by atoms with van der Waals surface area (Å²) in [6, 6.07) is 5.55. The molecule has 4 rings (SSSR count). The summed E-state index contributed by atoms with van der Waals surface area (Å²) in [5, 5.41) is 21.3. The van der Waals surface area contributed by atoms with Crippen LogP contribution in [0.2, 0.25) is 0 Å². The van der Waals surface area contributed by atoms with Crippen molar-refractivity contribution in [2.45, 2.75) is 115 Å². The number of esters is 1. The maximum Gasteiger partial charge on any atom is 0.303 e. The van der Waals surface area contributed by atoms with Gasteiger partial charge in [-0.1, -0.05) is 38.2 Å². The Bertz CT molecular complexity index is 765. The second-order valence-corrected chi connectivity index (χ2v) is 10.5. The first-order valence-corrected chi connectivity index (χ1v) is 12.8. The van der Waals surface area contributed by atoms with Gasteiger partial charge in [0.25, 0.3) is 0 Å². The van der Waals surface area contributed by atoms with E-state index in [-0.39, 0.29) is 17.8 Å². The third kappa shape index (κ3) is 5.78. The third-order valence-electron chi connectivity index (χ3n) is 8.11. The van der Waals surface area contributed by atoms with E-state index >= 15 is 0 Å². The maximum absolute atomic E-state index is 12.0. The summed E-state index contributed by atoms with van der Waals surface area (Å²) in [5.74, 6) is 1.40. The van der Waals surface area contributed by atoms with Gasteiger partial charge in [0, 0.05) is 13.3 Å². The number of hydrogen-bond acceptors (Lipinski definition) is 5. The zero-order valence-electron chi connectivity index (χ0n) is 19.6. The van der Waals surface area contributed by atoms with E-state index in [1.54, 1.807) is 6.07 Å². The molecule has 2 N–H and O–H groups in total. The molecule has 0 aromatic heterocycles. The fourth-order valence-corrected chi connectivity index (χ4v) is 6.41. The maximum atomic E-state index is 12.0. The molecule has 0 aliphatic heterocycles. The zero-order chi connectivity index (χ0) is 22.6. The van der Waals surface area contributed by atoms with Crippen molar-refractivity contribution >= 4 is 5.97 Å². The van der Waals surface area contributed by atoms with E-state index in [0.717, 1.165) is 37.7 Å². The Kier molecular flexibility index (Phi) is 7.65. The number of hydrogen-bond donors (Lipinski definition) is 2. The summed E-state index contributed by atoms with van der Waals surface area (Å²) in [4.78, 5) is 12.0. The van der Waals surface area contributed by atoms with E-state index < -0.39 is 11.7 Å². The van der Waals surface area contributed by atoms with Gasteiger partial charge in [-0.3, -0.25) is 4.79 Å². The molecule has 0 unspecified atom stereocenters. The van der Waals surface area contributed by atoms with Crippen molar-refractivity contribution in [2.75, 3.05) is 0 Å². The van der Waals surface area contributed by atoms with Crippen LogP contribution >= 0.6 is 0 Å². The van der Waals surface area contributed by atoms with Crippen molar-refractivity contribution in [3.05, 3.63) is 23.8 Å². The van der Waals surface area contributed by atoms with Crippen molar-refractivity contribution in [3.8, 4) is 11.5 Å². The Morgan fingerprint density at radius 2 is 1.78 bits per heavy atom. The molecule has 0 bridgehead atoms. The van der Waals surface area contributed by atoms with Crippen LogP contribution < -0.4 is 4.74 Å². The van der Waals surface area contributed by atoms with E-state index in [4.69, 9.17) is 9.47 Å². The minimum Gasteiger partial charge on any atom is -0.504 e. The first kappa shape index (κ1) is 23.4. The van der Waals surface area contributed by atoms with Gasteiger partial charge >= 0.3 is 5.97 Å². The number of carbonyl (C=O) groups is 1. The molecule has 0 heterocycles. The van der Waals surface area contributed by atoms with Gasteiger partial charge in [0.2, 0.25) is 0 Å². The minimum absolute atomic E-state index is 0.179. The molecule has 32 heavy (non-hydrogen) atoms. The number of aliphatic hydroxyl groups is 1. The van der Waals surface area contributed by atoms with Gasteiger partial charge < -0.3 is 19.7 Å². The highest BCUT2D eigenvalue weighted by Gasteiger charge is 2.44. The summed E-state index contributed by atoms with van der Waals surface area (Å²) < 4.78 is 11.9. The number of phenolic OH excluding ortho intramolecular Hbond substituents is 1. The lowest BCUT2D eigenvalue weighted by atomic mass is 9.67. The molecule has 3 saturated carbocycles. The fraction of sp³-hybridized carbons (Fsp3) is 0.741. The Morgan fingerprint density at radius 1 is 1.06 bits per heavy atom. The van der Waals surface area contributed by atoms with Crippen molar-refractivity contribution in [1.82, 2.24) is 0 Å². The summed E-state index contributed by atoms with van der Waals surface area (Å²) in [5.41, 5.74) is 0.451. The van der Waals surface area contributed by atoms with Crippen LogP contribution in [0.4, 0.5) is 0 Å². The van der Waals surface area contributed by atoms with Crippen LogP contribution in [0.5, 0.6) is 11.5 Å². The van der Waals surface area contributed by atoms with Crippen molar-refractivity contribution in [2.24, 2.45) is 11.8 Å². The molecular weight excluding hydrogens is 404 g/mol. The molecule has 5 heteroatoms. The van der Waals surface area contributed by atoms with Crippen molar-refractivity contribution in [1.29, 1.82) is 0 Å². The van der Waals surface area contributed by atoms with E-state index in [9.17, 15) is 15.0 Å². The number of ether oxygens (including phenoxy) is 2. The molecule has 0 radical (unpaired) electrons. The number of benzene rings is 1. The largest absolute Gasteiger partial charge is 0.504 e. The standard InChI is InChI=1S/C27H40O5/c1-19(28)32-27(16-14-23(25(30)18-27)21-7-3-2-4-8-21)15-13-20-11-12-24(29)26(17-20)31-22-9-5-6-10-22/h11-12,17,21-23,25,29-30H,2-10,13-16,18H2,1H3/t23-,25+,27-/m0/s1. The summed E-state index contributed by atoms with van der Waals surface area (Å²) >= 11 is 0.